The minimum Gasteiger partial charge on any atom is -1.00 e. The van der Waals surface area contributed by atoms with Gasteiger partial charge in [-0.05, 0) is 0 Å². The van der Waals surface area contributed by atoms with Crippen LogP contribution in [0.4, 0.5) is 3.89 Å². The van der Waals surface area contributed by atoms with Crippen molar-refractivity contribution in [3.63, 3.8) is 0 Å². The first-order valence-corrected chi connectivity index (χ1v) is 2.01. The van der Waals surface area contributed by atoms with E-state index in [9.17, 15) is 3.89 Å². The average Bonchev–Trinajstić information content (AvgIpc) is 0.722. The van der Waals surface area contributed by atoms with E-state index in [2.05, 4.69) is 0 Å². The molecule has 3 nitrogen and oxygen atoms in total. The van der Waals surface area contributed by atoms with E-state index in [-0.39, 0.29) is 20.3 Å². The molecule has 34 valence electrons. The van der Waals surface area contributed by atoms with Gasteiger partial charge in [0.2, 0.25) is 0 Å². The first kappa shape index (κ1) is 9.67. The summed E-state index contributed by atoms with van der Waals surface area (Å²) < 4.78 is 34.1. The molecule has 0 rings (SSSR count). The van der Waals surface area contributed by atoms with Crippen LogP contribution in [0, 0.1) is 0 Å². The molecule has 0 amide bonds. The second-order valence-corrected chi connectivity index (χ2v) is 1.24. The topological polar surface area (TPSA) is 54.4 Å². The normalized spacial score (nSPS) is 9.67. The summed E-state index contributed by atoms with van der Waals surface area (Å²) in [5.74, 6) is 0. The van der Waals surface area contributed by atoms with Crippen molar-refractivity contribution < 1.29 is 37.1 Å². The Morgan fingerprint density at radius 1 is 1.67 bits per heavy atom. The molecule has 0 aromatic heterocycles. The predicted molar refractivity (Wildman–Crippen MR) is 13.8 cm³/mol. The van der Waals surface area contributed by atoms with E-state index >= 15 is 0 Å². The third-order valence-electron chi connectivity index (χ3n) is 0. The molecule has 0 atom stereocenters. The van der Waals surface area contributed by atoms with Crippen LogP contribution in [0.2, 0.25) is 0 Å². The van der Waals surface area contributed by atoms with E-state index in [1.54, 1.807) is 0 Å². The first-order valence-electron chi connectivity index (χ1n) is 0.670. The molecule has 0 aliphatic heterocycles. The van der Waals surface area contributed by atoms with Crippen molar-refractivity contribution in [1.29, 1.82) is 0 Å². The van der Waals surface area contributed by atoms with Gasteiger partial charge in [-0.25, -0.2) is 0 Å². The SMILES string of the molecule is O=S(=O)(O)F.[H-].[Li+]. The van der Waals surface area contributed by atoms with E-state index in [1.165, 1.54) is 0 Å². The largest absolute Gasteiger partial charge is 1.00 e. The van der Waals surface area contributed by atoms with Crippen molar-refractivity contribution in [2.24, 2.45) is 0 Å². The van der Waals surface area contributed by atoms with Crippen molar-refractivity contribution >= 4 is 10.5 Å². The van der Waals surface area contributed by atoms with E-state index in [0.717, 1.165) is 0 Å². The number of rotatable bonds is 0. The molecule has 0 spiro atoms. The zero-order valence-electron chi connectivity index (χ0n) is 4.05. The summed E-state index contributed by atoms with van der Waals surface area (Å²) in [6, 6.07) is 0. The third-order valence-corrected chi connectivity index (χ3v) is 0. The van der Waals surface area contributed by atoms with E-state index in [1.807, 2.05) is 0 Å². The van der Waals surface area contributed by atoms with Gasteiger partial charge in [0.25, 0.3) is 0 Å². The molecule has 0 aromatic rings. The third kappa shape index (κ3) is 274. The van der Waals surface area contributed by atoms with Gasteiger partial charge in [-0.2, -0.15) is 8.42 Å². The van der Waals surface area contributed by atoms with Crippen LogP contribution in [0.1, 0.15) is 1.43 Å². The van der Waals surface area contributed by atoms with Gasteiger partial charge < -0.3 is 1.43 Å². The quantitative estimate of drug-likeness (QED) is 0.203. The van der Waals surface area contributed by atoms with Crippen LogP contribution in [-0.4, -0.2) is 13.0 Å². The molecule has 0 bridgehead atoms. The molecule has 6 heteroatoms. The molecule has 0 saturated heterocycles. The second kappa shape index (κ2) is 2.58. The molecule has 0 radical (unpaired) electrons. The summed E-state index contributed by atoms with van der Waals surface area (Å²) >= 11 is 0. The van der Waals surface area contributed by atoms with Crippen LogP contribution in [-0.2, 0) is 10.5 Å². The van der Waals surface area contributed by atoms with Gasteiger partial charge in [-0.3, -0.25) is 4.55 Å². The molecule has 0 heterocycles. The molecule has 1 N–H and O–H groups in total. The summed E-state index contributed by atoms with van der Waals surface area (Å²) in [4.78, 5) is 0. The molecule has 0 saturated carbocycles. The predicted octanol–water partition coefficient (Wildman–Crippen LogP) is -3.12. The Labute approximate surface area is 48.2 Å². The minimum atomic E-state index is -5.17. The van der Waals surface area contributed by atoms with Gasteiger partial charge in [0.15, 0.2) is 0 Å². The maximum absolute atomic E-state index is 10.2. The van der Waals surface area contributed by atoms with Gasteiger partial charge in [-0.15, -0.1) is 0 Å². The average molecular weight is 108 g/mol. The Kier molecular flexibility index (Phi) is 4.16. The van der Waals surface area contributed by atoms with Gasteiger partial charge in [0, 0.05) is 0 Å². The first-order chi connectivity index (χ1) is 2.00. The second-order valence-electron chi connectivity index (χ2n) is 0.412. The van der Waals surface area contributed by atoms with Crippen LogP contribution < -0.4 is 18.9 Å². The molecule has 0 fully saturated rings. The van der Waals surface area contributed by atoms with Crippen molar-refractivity contribution in [2.75, 3.05) is 0 Å². The molecule has 0 unspecified atom stereocenters. The van der Waals surface area contributed by atoms with Crippen LogP contribution in [0.3, 0.4) is 0 Å². The fourth-order valence-corrected chi connectivity index (χ4v) is 0. The maximum Gasteiger partial charge on any atom is 1.00 e. The van der Waals surface area contributed by atoms with Crippen LogP contribution >= 0.6 is 0 Å². The molecule has 0 aromatic carbocycles. The molecule has 0 aliphatic rings. The standard InChI is InChI=1S/FHO3S.Li.H/c1-5(2,3)4;;/h(H,2,3,4);;/q;+1;-1. The van der Waals surface area contributed by atoms with Gasteiger partial charge in [0.1, 0.15) is 0 Å². The molecular weight excluding hydrogens is 106 g/mol. The Morgan fingerprint density at radius 2 is 1.67 bits per heavy atom. The number of hydrogen-bond acceptors (Lipinski definition) is 2. The van der Waals surface area contributed by atoms with Crippen LogP contribution in [0.5, 0.6) is 0 Å². The molecule has 0 aliphatic carbocycles. The summed E-state index contributed by atoms with van der Waals surface area (Å²) in [6.45, 7) is 0. The summed E-state index contributed by atoms with van der Waals surface area (Å²) in [5.41, 5.74) is 0. The Morgan fingerprint density at radius 3 is 1.67 bits per heavy atom. The van der Waals surface area contributed by atoms with E-state index in [0.29, 0.717) is 0 Å². The van der Waals surface area contributed by atoms with Crippen LogP contribution in [0.25, 0.3) is 0 Å². The van der Waals surface area contributed by atoms with Crippen molar-refractivity contribution in [3.8, 4) is 0 Å². The van der Waals surface area contributed by atoms with E-state index in [4.69, 9.17) is 13.0 Å². The molecule has 6 heavy (non-hydrogen) atoms. The van der Waals surface area contributed by atoms with Crippen molar-refractivity contribution in [2.45, 2.75) is 0 Å². The van der Waals surface area contributed by atoms with Gasteiger partial charge in [0.05, 0.1) is 0 Å². The van der Waals surface area contributed by atoms with Crippen LogP contribution in [0.15, 0.2) is 0 Å². The van der Waals surface area contributed by atoms with Gasteiger partial charge >= 0.3 is 29.4 Å². The zero-order valence-corrected chi connectivity index (χ0v) is 3.87. The van der Waals surface area contributed by atoms with Crippen molar-refractivity contribution in [1.82, 2.24) is 0 Å². The number of halogens is 1. The Bertz CT molecular complexity index is 98.1. The summed E-state index contributed by atoms with van der Waals surface area (Å²) in [6.07, 6.45) is 0. The van der Waals surface area contributed by atoms with Gasteiger partial charge in [-0.1, -0.05) is 3.89 Å². The van der Waals surface area contributed by atoms with E-state index < -0.39 is 10.5 Å². The fourth-order valence-electron chi connectivity index (χ4n) is 0. The fraction of sp³-hybridized carbons (Fsp3) is 0. The smallest absolute Gasteiger partial charge is 1.00 e. The minimum absolute atomic E-state index is 0. The number of hydrogen-bond donors (Lipinski definition) is 1. The Hall–Kier alpha value is 0.437. The summed E-state index contributed by atoms with van der Waals surface area (Å²) in [7, 11) is -5.17. The molecular formula is H2FLiO3S. The summed E-state index contributed by atoms with van der Waals surface area (Å²) in [5, 5.41) is 0. The zero-order chi connectivity index (χ0) is 4.50. The Balaban J connectivity index is -0.0000000800. The monoisotopic (exact) mass is 108 g/mol. The van der Waals surface area contributed by atoms with Crippen molar-refractivity contribution in [3.05, 3.63) is 0 Å². The maximum atomic E-state index is 10.2.